The van der Waals surface area contributed by atoms with Gasteiger partial charge in [0.05, 0.1) is 0 Å². The Morgan fingerprint density at radius 2 is 1.93 bits per heavy atom. The quantitative estimate of drug-likeness (QED) is 0.890. The Kier molecular flexibility index (Phi) is 3.61. The fraction of sp³-hybridized carbons (Fsp3) is 0.400. The highest BCUT2D eigenvalue weighted by Crippen LogP contribution is 2.30. The third-order valence-electron chi connectivity index (χ3n) is 2.07. The molecule has 0 amide bonds. The van der Waals surface area contributed by atoms with Gasteiger partial charge in [0.1, 0.15) is 19.0 Å². The minimum Gasteiger partial charge on any atom is -0.380 e. The lowest BCUT2D eigenvalue weighted by molar-refractivity contribution is -0.0117. The van der Waals surface area contributed by atoms with Gasteiger partial charge in [-0.25, -0.2) is 8.78 Å². The van der Waals surface area contributed by atoms with E-state index in [2.05, 4.69) is 15.9 Å². The molecule has 4 heteroatoms. The molecule has 0 aliphatic heterocycles. The van der Waals surface area contributed by atoms with Gasteiger partial charge in [-0.15, -0.1) is 0 Å². The van der Waals surface area contributed by atoms with Crippen LogP contribution in [0.4, 0.5) is 8.78 Å². The second kappa shape index (κ2) is 4.36. The molecule has 0 radical (unpaired) electrons. The van der Waals surface area contributed by atoms with E-state index in [1.54, 1.807) is 12.1 Å². The lowest BCUT2D eigenvalue weighted by Gasteiger charge is -2.23. The summed E-state index contributed by atoms with van der Waals surface area (Å²) in [4.78, 5) is 0. The number of halogens is 3. The molecule has 1 rings (SSSR count). The minimum absolute atomic E-state index is 0.244. The number of rotatable bonds is 3. The van der Waals surface area contributed by atoms with E-state index in [4.69, 9.17) is 0 Å². The van der Waals surface area contributed by atoms with Gasteiger partial charge in [-0.3, -0.25) is 0 Å². The monoisotopic (exact) mass is 264 g/mol. The number of benzene rings is 1. The van der Waals surface area contributed by atoms with E-state index in [0.717, 1.165) is 5.56 Å². The molecule has 0 heterocycles. The average Bonchev–Trinajstić information content (AvgIpc) is 2.17. The Hall–Kier alpha value is -0.480. The van der Waals surface area contributed by atoms with Gasteiger partial charge in [0.15, 0.2) is 0 Å². The SMILES string of the molecule is Cc1ccc(C(O)(CF)CF)c(Br)c1. The summed E-state index contributed by atoms with van der Waals surface area (Å²) in [6.45, 7) is -0.408. The van der Waals surface area contributed by atoms with E-state index in [1.165, 1.54) is 6.07 Å². The maximum absolute atomic E-state index is 12.5. The third-order valence-corrected chi connectivity index (χ3v) is 2.72. The molecule has 14 heavy (non-hydrogen) atoms. The summed E-state index contributed by atoms with van der Waals surface area (Å²) >= 11 is 3.17. The van der Waals surface area contributed by atoms with Crippen LogP contribution in [0.1, 0.15) is 11.1 Å². The van der Waals surface area contributed by atoms with E-state index in [0.29, 0.717) is 4.47 Å². The predicted octanol–water partition coefficient (Wildman–Crippen LogP) is 2.88. The Morgan fingerprint density at radius 1 is 1.36 bits per heavy atom. The lowest BCUT2D eigenvalue weighted by Crippen LogP contribution is -2.31. The zero-order valence-corrected chi connectivity index (χ0v) is 9.31. The van der Waals surface area contributed by atoms with Gasteiger partial charge >= 0.3 is 0 Å². The molecule has 1 aromatic rings. The highest BCUT2D eigenvalue weighted by molar-refractivity contribution is 9.10. The molecule has 0 spiro atoms. The van der Waals surface area contributed by atoms with Crippen LogP contribution in [0, 0.1) is 6.92 Å². The number of hydrogen-bond acceptors (Lipinski definition) is 1. The molecule has 0 unspecified atom stereocenters. The molecule has 1 aromatic carbocycles. The minimum atomic E-state index is -2.02. The Morgan fingerprint density at radius 3 is 2.36 bits per heavy atom. The summed E-state index contributed by atoms with van der Waals surface area (Å²) in [5.74, 6) is 0. The van der Waals surface area contributed by atoms with Crippen molar-refractivity contribution in [2.24, 2.45) is 0 Å². The molecule has 0 saturated carbocycles. The number of alkyl halides is 2. The largest absolute Gasteiger partial charge is 0.380 e. The fourth-order valence-corrected chi connectivity index (χ4v) is 2.04. The topological polar surface area (TPSA) is 20.2 Å². The van der Waals surface area contributed by atoms with E-state index in [9.17, 15) is 13.9 Å². The van der Waals surface area contributed by atoms with Crippen molar-refractivity contribution < 1.29 is 13.9 Å². The van der Waals surface area contributed by atoms with Gasteiger partial charge in [0.25, 0.3) is 0 Å². The van der Waals surface area contributed by atoms with Crippen LogP contribution in [0.5, 0.6) is 0 Å². The van der Waals surface area contributed by atoms with Crippen LogP contribution in [0.3, 0.4) is 0 Å². The normalized spacial score (nSPS) is 11.8. The van der Waals surface area contributed by atoms with Gasteiger partial charge in [-0.2, -0.15) is 0 Å². The Bertz CT molecular complexity index is 324. The van der Waals surface area contributed by atoms with E-state index < -0.39 is 19.0 Å². The summed E-state index contributed by atoms with van der Waals surface area (Å²) in [6, 6.07) is 4.95. The first-order valence-corrected chi connectivity index (χ1v) is 4.94. The van der Waals surface area contributed by atoms with Crippen LogP contribution in [-0.2, 0) is 5.60 Å². The van der Waals surface area contributed by atoms with Crippen molar-refractivity contribution in [2.45, 2.75) is 12.5 Å². The Balaban J connectivity index is 3.17. The second-order valence-corrected chi connectivity index (χ2v) is 4.14. The van der Waals surface area contributed by atoms with Crippen LogP contribution in [-0.4, -0.2) is 18.5 Å². The van der Waals surface area contributed by atoms with Crippen molar-refractivity contribution in [3.63, 3.8) is 0 Å². The summed E-state index contributed by atoms with van der Waals surface area (Å²) in [6.07, 6.45) is 0. The summed E-state index contributed by atoms with van der Waals surface area (Å²) in [5.41, 5.74) is -0.819. The van der Waals surface area contributed by atoms with Crippen molar-refractivity contribution >= 4 is 15.9 Å². The summed E-state index contributed by atoms with van der Waals surface area (Å²) < 4.78 is 25.5. The standard InChI is InChI=1S/C10H11BrF2O/c1-7-2-3-8(9(11)4-7)10(14,5-12)6-13/h2-4,14H,5-6H2,1H3. The first kappa shape index (κ1) is 11.6. The predicted molar refractivity (Wildman–Crippen MR) is 54.7 cm³/mol. The molecule has 78 valence electrons. The smallest absolute Gasteiger partial charge is 0.147 e. The molecule has 1 nitrogen and oxygen atoms in total. The molecular formula is C10H11BrF2O. The molecular weight excluding hydrogens is 254 g/mol. The van der Waals surface area contributed by atoms with Gasteiger partial charge in [0.2, 0.25) is 0 Å². The van der Waals surface area contributed by atoms with Gasteiger partial charge in [-0.05, 0) is 18.6 Å². The number of aliphatic hydroxyl groups is 1. The highest BCUT2D eigenvalue weighted by Gasteiger charge is 2.31. The molecule has 0 aliphatic rings. The zero-order valence-electron chi connectivity index (χ0n) is 7.73. The molecule has 0 aliphatic carbocycles. The number of aryl methyl sites for hydroxylation is 1. The first-order valence-electron chi connectivity index (χ1n) is 4.14. The van der Waals surface area contributed by atoms with Crippen LogP contribution in [0.2, 0.25) is 0 Å². The average molecular weight is 265 g/mol. The molecule has 0 fully saturated rings. The Labute approximate surface area is 89.9 Å². The fourth-order valence-electron chi connectivity index (χ4n) is 1.18. The van der Waals surface area contributed by atoms with Gasteiger partial charge < -0.3 is 5.11 Å². The molecule has 0 bridgehead atoms. The van der Waals surface area contributed by atoms with Crippen LogP contribution < -0.4 is 0 Å². The van der Waals surface area contributed by atoms with Crippen molar-refractivity contribution in [3.8, 4) is 0 Å². The van der Waals surface area contributed by atoms with Crippen LogP contribution in [0.15, 0.2) is 22.7 Å². The van der Waals surface area contributed by atoms with Crippen LogP contribution >= 0.6 is 15.9 Å². The first-order chi connectivity index (χ1) is 6.53. The maximum atomic E-state index is 12.5. The molecule has 0 saturated heterocycles. The second-order valence-electron chi connectivity index (χ2n) is 3.28. The molecule has 0 atom stereocenters. The van der Waals surface area contributed by atoms with Crippen molar-refractivity contribution in [3.05, 3.63) is 33.8 Å². The molecule has 0 aromatic heterocycles. The van der Waals surface area contributed by atoms with Crippen molar-refractivity contribution in [1.29, 1.82) is 0 Å². The van der Waals surface area contributed by atoms with E-state index >= 15 is 0 Å². The van der Waals surface area contributed by atoms with Crippen molar-refractivity contribution in [2.75, 3.05) is 13.3 Å². The maximum Gasteiger partial charge on any atom is 0.147 e. The highest BCUT2D eigenvalue weighted by atomic mass is 79.9. The zero-order chi connectivity index (χ0) is 10.8. The van der Waals surface area contributed by atoms with E-state index in [1.807, 2.05) is 6.92 Å². The van der Waals surface area contributed by atoms with E-state index in [-0.39, 0.29) is 5.56 Å². The van der Waals surface area contributed by atoms with Crippen LogP contribution in [0.25, 0.3) is 0 Å². The number of hydrogen-bond donors (Lipinski definition) is 1. The van der Waals surface area contributed by atoms with Gasteiger partial charge in [-0.1, -0.05) is 28.1 Å². The van der Waals surface area contributed by atoms with Gasteiger partial charge in [0, 0.05) is 10.0 Å². The lowest BCUT2D eigenvalue weighted by atomic mass is 9.96. The summed E-state index contributed by atoms with van der Waals surface area (Å²) in [5, 5.41) is 9.59. The third kappa shape index (κ3) is 2.12. The summed E-state index contributed by atoms with van der Waals surface area (Å²) in [7, 11) is 0. The van der Waals surface area contributed by atoms with Crippen molar-refractivity contribution in [1.82, 2.24) is 0 Å². The molecule has 1 N–H and O–H groups in total.